The summed E-state index contributed by atoms with van der Waals surface area (Å²) in [7, 11) is 1.94. The smallest absolute Gasteiger partial charge is 0.0487 e. The van der Waals surface area contributed by atoms with E-state index in [9.17, 15) is 0 Å². The molecule has 1 N–H and O–H groups in total. The zero-order chi connectivity index (χ0) is 14.1. The average Bonchev–Trinajstić information content (AvgIpc) is 2.76. The van der Waals surface area contributed by atoms with Gasteiger partial charge in [0.05, 0.1) is 0 Å². The highest BCUT2D eigenvalue weighted by Gasteiger charge is 2.06. The Bertz CT molecular complexity index is 742. The molecule has 0 spiro atoms. The molecule has 3 aromatic rings. The monoisotopic (exact) mass is 284 g/mol. The quantitative estimate of drug-likeness (QED) is 0.738. The van der Waals surface area contributed by atoms with Gasteiger partial charge in [-0.25, -0.2) is 0 Å². The van der Waals surface area contributed by atoms with Crippen LogP contribution in [0.15, 0.2) is 48.5 Å². The van der Waals surface area contributed by atoms with Crippen LogP contribution in [-0.4, -0.2) is 11.6 Å². The molecule has 0 fully saturated rings. The summed E-state index contributed by atoms with van der Waals surface area (Å²) in [6.07, 6.45) is 0. The second-order valence-electron chi connectivity index (χ2n) is 5.02. The lowest BCUT2D eigenvalue weighted by Gasteiger charge is -2.09. The number of nitrogens with zero attached hydrogens (tertiary/aromatic N) is 1. The molecule has 0 unspecified atom stereocenters. The number of rotatable bonds is 3. The Morgan fingerprint density at radius 1 is 1.05 bits per heavy atom. The van der Waals surface area contributed by atoms with Crippen molar-refractivity contribution in [3.63, 3.8) is 0 Å². The van der Waals surface area contributed by atoms with Crippen molar-refractivity contribution in [2.75, 3.05) is 12.4 Å². The lowest BCUT2D eigenvalue weighted by atomic mass is 10.2. The molecule has 2 aromatic carbocycles. The molecule has 1 heterocycles. The lowest BCUT2D eigenvalue weighted by Crippen LogP contribution is -2.01. The van der Waals surface area contributed by atoms with Gasteiger partial charge in [0.1, 0.15) is 0 Å². The number of hydrogen-bond acceptors (Lipinski definition) is 1. The number of halogens is 1. The van der Waals surface area contributed by atoms with E-state index in [1.54, 1.807) is 0 Å². The van der Waals surface area contributed by atoms with Crippen molar-refractivity contribution < 1.29 is 0 Å². The minimum absolute atomic E-state index is 0.779. The molecule has 0 aliphatic carbocycles. The molecule has 0 radical (unpaired) electrons. The first-order valence-corrected chi connectivity index (χ1v) is 7.07. The second kappa shape index (κ2) is 5.22. The van der Waals surface area contributed by atoms with Gasteiger partial charge in [-0.2, -0.15) is 0 Å². The summed E-state index contributed by atoms with van der Waals surface area (Å²) in [5.74, 6) is 0. The molecule has 0 saturated carbocycles. The van der Waals surface area contributed by atoms with Crippen LogP contribution >= 0.6 is 11.6 Å². The minimum Gasteiger partial charge on any atom is -0.388 e. The molecule has 0 atom stereocenters. The molecule has 3 rings (SSSR count). The molecular weight excluding hydrogens is 268 g/mol. The fourth-order valence-electron chi connectivity index (χ4n) is 2.55. The summed E-state index contributed by atoms with van der Waals surface area (Å²) in [6.45, 7) is 3.01. The topological polar surface area (TPSA) is 17.0 Å². The van der Waals surface area contributed by atoms with Crippen LogP contribution in [0.5, 0.6) is 0 Å². The number of aromatic nitrogens is 1. The summed E-state index contributed by atoms with van der Waals surface area (Å²) in [5, 5.41) is 5.23. The van der Waals surface area contributed by atoms with Crippen LogP contribution in [0, 0.1) is 6.92 Å². The van der Waals surface area contributed by atoms with Crippen LogP contribution in [0.2, 0.25) is 5.02 Å². The number of anilines is 1. The zero-order valence-corrected chi connectivity index (χ0v) is 12.4. The van der Waals surface area contributed by atoms with Crippen molar-refractivity contribution in [3.8, 4) is 0 Å². The molecule has 0 aliphatic heterocycles. The highest BCUT2D eigenvalue weighted by atomic mass is 35.5. The first kappa shape index (κ1) is 13.1. The van der Waals surface area contributed by atoms with Gasteiger partial charge >= 0.3 is 0 Å². The van der Waals surface area contributed by atoms with E-state index in [-0.39, 0.29) is 0 Å². The van der Waals surface area contributed by atoms with Gasteiger partial charge in [0.25, 0.3) is 0 Å². The summed E-state index contributed by atoms with van der Waals surface area (Å²) >= 11 is 5.94. The number of fused-ring (bicyclic) bond motifs is 1. The zero-order valence-electron chi connectivity index (χ0n) is 11.7. The van der Waals surface area contributed by atoms with Crippen LogP contribution in [-0.2, 0) is 6.54 Å². The average molecular weight is 285 g/mol. The molecule has 3 heteroatoms. The Kier molecular flexibility index (Phi) is 3.41. The first-order chi connectivity index (χ1) is 9.67. The predicted octanol–water partition coefficient (Wildman–Crippen LogP) is 4.69. The molecule has 20 heavy (non-hydrogen) atoms. The van der Waals surface area contributed by atoms with E-state index in [0.717, 1.165) is 17.3 Å². The minimum atomic E-state index is 0.779. The van der Waals surface area contributed by atoms with Gasteiger partial charge in [-0.15, -0.1) is 0 Å². The third-order valence-corrected chi connectivity index (χ3v) is 3.90. The Labute approximate surface area is 124 Å². The van der Waals surface area contributed by atoms with E-state index in [2.05, 4.69) is 53.2 Å². The van der Waals surface area contributed by atoms with Crippen molar-refractivity contribution in [1.82, 2.24) is 4.57 Å². The highest BCUT2D eigenvalue weighted by Crippen LogP contribution is 2.24. The molecule has 0 bridgehead atoms. The van der Waals surface area contributed by atoms with Gasteiger partial charge in [0.15, 0.2) is 0 Å². The second-order valence-corrected chi connectivity index (χ2v) is 5.46. The predicted molar refractivity (Wildman–Crippen MR) is 86.8 cm³/mol. The first-order valence-electron chi connectivity index (χ1n) is 6.69. The summed E-state index contributed by atoms with van der Waals surface area (Å²) in [5.41, 5.74) is 4.92. The van der Waals surface area contributed by atoms with Gasteiger partial charge in [-0.1, -0.05) is 23.7 Å². The molecule has 0 aliphatic rings. The number of benzene rings is 2. The molecular formula is C17H17ClN2. The van der Waals surface area contributed by atoms with Crippen molar-refractivity contribution in [2.24, 2.45) is 0 Å². The maximum Gasteiger partial charge on any atom is 0.0487 e. The van der Waals surface area contributed by atoms with Crippen LogP contribution in [0.4, 0.5) is 5.69 Å². The van der Waals surface area contributed by atoms with Gasteiger partial charge in [-0.05, 0) is 48.9 Å². The van der Waals surface area contributed by atoms with Crippen molar-refractivity contribution in [3.05, 3.63) is 64.8 Å². The maximum absolute atomic E-state index is 5.94. The molecule has 1 aromatic heterocycles. The van der Waals surface area contributed by atoms with E-state index in [1.165, 1.54) is 22.2 Å². The molecule has 0 amide bonds. The lowest BCUT2D eigenvalue weighted by molar-refractivity contribution is 0.805. The largest absolute Gasteiger partial charge is 0.388 e. The fourth-order valence-corrected chi connectivity index (χ4v) is 2.67. The summed E-state index contributed by atoms with van der Waals surface area (Å²) in [4.78, 5) is 0. The summed E-state index contributed by atoms with van der Waals surface area (Å²) < 4.78 is 2.33. The van der Waals surface area contributed by atoms with Crippen LogP contribution in [0.3, 0.4) is 0 Å². The molecule has 102 valence electrons. The van der Waals surface area contributed by atoms with E-state index >= 15 is 0 Å². The third kappa shape index (κ3) is 2.39. The number of aryl methyl sites for hydroxylation is 1. The van der Waals surface area contributed by atoms with Crippen molar-refractivity contribution in [1.29, 1.82) is 0 Å². The van der Waals surface area contributed by atoms with E-state index < -0.39 is 0 Å². The molecule has 0 saturated heterocycles. The number of hydrogen-bond donors (Lipinski definition) is 1. The van der Waals surface area contributed by atoms with Crippen molar-refractivity contribution >= 4 is 28.2 Å². The SMILES string of the molecule is CNc1ccc2c(c1)cc(C)n2Cc1ccc(Cl)cc1. The van der Waals surface area contributed by atoms with E-state index in [1.807, 2.05) is 19.2 Å². The fraction of sp³-hybridized carbons (Fsp3) is 0.176. The Morgan fingerprint density at radius 3 is 2.50 bits per heavy atom. The Balaban J connectivity index is 2.02. The standard InChI is InChI=1S/C17H17ClN2/c1-12-9-14-10-16(19-2)7-8-17(14)20(12)11-13-3-5-15(18)6-4-13/h3-10,19H,11H2,1-2H3. The van der Waals surface area contributed by atoms with Crippen molar-refractivity contribution in [2.45, 2.75) is 13.5 Å². The number of nitrogens with one attached hydrogen (secondary N) is 1. The van der Waals surface area contributed by atoms with Crippen LogP contribution in [0.25, 0.3) is 10.9 Å². The van der Waals surface area contributed by atoms with E-state index in [4.69, 9.17) is 11.6 Å². The Hall–Kier alpha value is -1.93. The third-order valence-electron chi connectivity index (χ3n) is 3.65. The Morgan fingerprint density at radius 2 is 1.80 bits per heavy atom. The van der Waals surface area contributed by atoms with Gasteiger partial charge < -0.3 is 9.88 Å². The van der Waals surface area contributed by atoms with Gasteiger partial charge in [-0.3, -0.25) is 0 Å². The maximum atomic E-state index is 5.94. The summed E-state index contributed by atoms with van der Waals surface area (Å²) in [6, 6.07) is 16.7. The van der Waals surface area contributed by atoms with Gasteiger partial charge in [0.2, 0.25) is 0 Å². The van der Waals surface area contributed by atoms with Crippen LogP contribution in [0.1, 0.15) is 11.3 Å². The van der Waals surface area contributed by atoms with Gasteiger partial charge in [0, 0.05) is 40.9 Å². The highest BCUT2D eigenvalue weighted by molar-refractivity contribution is 6.30. The van der Waals surface area contributed by atoms with Crippen LogP contribution < -0.4 is 5.32 Å². The molecule has 2 nitrogen and oxygen atoms in total. The van der Waals surface area contributed by atoms with E-state index in [0.29, 0.717) is 0 Å². The normalized spacial score (nSPS) is 10.9.